The number of allylic oxidation sites excluding steroid dienone is 5. The maximum atomic E-state index is 4.68. The third kappa shape index (κ3) is 4.06. The van der Waals surface area contributed by atoms with Gasteiger partial charge in [-0.05, 0) is 102 Å². The zero-order valence-electron chi connectivity index (χ0n) is 14.6. The summed E-state index contributed by atoms with van der Waals surface area (Å²) in [4.78, 5) is 4.68. The Morgan fingerprint density at radius 2 is 2.20 bits per heavy atom. The van der Waals surface area contributed by atoms with Crippen molar-refractivity contribution in [2.45, 2.75) is 38.6 Å². The number of pyridine rings is 1. The van der Waals surface area contributed by atoms with Crippen LogP contribution in [0.25, 0.3) is 5.57 Å². The number of nitrogens with one attached hydrogen (secondary N) is 2. The van der Waals surface area contributed by atoms with Crippen LogP contribution >= 0.6 is 22.6 Å². The Balaban J connectivity index is 1.68. The first-order valence-corrected chi connectivity index (χ1v) is 10.2. The van der Waals surface area contributed by atoms with E-state index in [1.807, 2.05) is 6.07 Å². The second-order valence-corrected chi connectivity index (χ2v) is 8.09. The third-order valence-corrected chi connectivity index (χ3v) is 5.71. The van der Waals surface area contributed by atoms with Gasteiger partial charge in [0.05, 0.1) is 5.69 Å². The van der Waals surface area contributed by atoms with E-state index in [0.29, 0.717) is 6.04 Å². The Bertz CT molecular complexity index is 797. The molecule has 4 rings (SSSR count). The van der Waals surface area contributed by atoms with Gasteiger partial charge in [0.1, 0.15) is 3.70 Å². The maximum absolute atomic E-state index is 4.68. The average Bonchev–Trinajstić information content (AvgIpc) is 3.47. The van der Waals surface area contributed by atoms with E-state index in [9.17, 15) is 0 Å². The van der Waals surface area contributed by atoms with Crippen LogP contribution in [0.1, 0.15) is 38.3 Å². The summed E-state index contributed by atoms with van der Waals surface area (Å²) in [5.74, 6) is 0. The average molecular weight is 445 g/mol. The highest BCUT2D eigenvalue weighted by atomic mass is 127. The van der Waals surface area contributed by atoms with E-state index >= 15 is 0 Å². The summed E-state index contributed by atoms with van der Waals surface area (Å²) in [6.45, 7) is 4.13. The van der Waals surface area contributed by atoms with Crippen molar-refractivity contribution in [2.75, 3.05) is 13.1 Å². The van der Waals surface area contributed by atoms with Gasteiger partial charge in [0.25, 0.3) is 0 Å². The number of hydrogen-bond donors (Lipinski definition) is 2. The number of hydrogen-bond acceptors (Lipinski definition) is 3. The van der Waals surface area contributed by atoms with Crippen LogP contribution in [0.15, 0.2) is 58.8 Å². The molecule has 3 nitrogen and oxygen atoms in total. The van der Waals surface area contributed by atoms with Crippen LogP contribution in [0.4, 0.5) is 0 Å². The highest BCUT2D eigenvalue weighted by Crippen LogP contribution is 2.31. The summed E-state index contributed by atoms with van der Waals surface area (Å²) in [6, 6.07) is 6.76. The molecule has 0 bridgehead atoms. The topological polar surface area (TPSA) is 46.9 Å². The van der Waals surface area contributed by atoms with E-state index in [-0.39, 0.29) is 0 Å². The molecule has 3 aliphatic rings. The molecule has 3 heterocycles. The molecule has 1 aromatic heterocycles. The van der Waals surface area contributed by atoms with Crippen molar-refractivity contribution in [1.29, 1.82) is 0 Å². The molecule has 1 unspecified atom stereocenters. The third-order valence-electron chi connectivity index (χ3n) is 5.11. The Morgan fingerprint density at radius 3 is 2.92 bits per heavy atom. The molecule has 0 radical (unpaired) electrons. The summed E-state index contributed by atoms with van der Waals surface area (Å²) in [6.07, 6.45) is 12.3. The van der Waals surface area contributed by atoms with Crippen LogP contribution in [-0.4, -0.2) is 24.1 Å². The van der Waals surface area contributed by atoms with Crippen molar-refractivity contribution in [1.82, 2.24) is 15.6 Å². The van der Waals surface area contributed by atoms with Crippen molar-refractivity contribution in [3.05, 3.63) is 68.2 Å². The summed E-state index contributed by atoms with van der Waals surface area (Å²) in [7, 11) is 0. The molecule has 25 heavy (non-hydrogen) atoms. The summed E-state index contributed by atoms with van der Waals surface area (Å²) < 4.78 is 1.04. The van der Waals surface area contributed by atoms with Crippen LogP contribution in [0, 0.1) is 3.70 Å². The molecule has 0 amide bonds. The molecule has 0 aromatic carbocycles. The zero-order chi connectivity index (χ0) is 17.2. The van der Waals surface area contributed by atoms with E-state index in [1.165, 1.54) is 48.1 Å². The van der Waals surface area contributed by atoms with Crippen LogP contribution in [-0.2, 0) is 0 Å². The van der Waals surface area contributed by atoms with Crippen LogP contribution < -0.4 is 10.6 Å². The molecule has 1 atom stereocenters. The summed E-state index contributed by atoms with van der Waals surface area (Å²) >= 11 is 2.28. The molecule has 2 aliphatic heterocycles. The van der Waals surface area contributed by atoms with Gasteiger partial charge < -0.3 is 10.6 Å². The normalized spacial score (nSPS) is 23.8. The number of nitrogens with zero attached hydrogens (tertiary/aromatic N) is 1. The van der Waals surface area contributed by atoms with Crippen LogP contribution in [0.3, 0.4) is 0 Å². The van der Waals surface area contributed by atoms with Gasteiger partial charge in [0.15, 0.2) is 0 Å². The van der Waals surface area contributed by atoms with Gasteiger partial charge in [0, 0.05) is 24.8 Å². The second-order valence-electron chi connectivity index (χ2n) is 6.98. The number of halogens is 1. The van der Waals surface area contributed by atoms with E-state index in [0.717, 1.165) is 22.5 Å². The first-order chi connectivity index (χ1) is 12.2. The smallest absolute Gasteiger partial charge is 0.102 e. The van der Waals surface area contributed by atoms with Crippen molar-refractivity contribution in [3.63, 3.8) is 0 Å². The predicted octanol–water partition coefficient (Wildman–Crippen LogP) is 4.35. The molecule has 1 aromatic rings. The van der Waals surface area contributed by atoms with Crippen molar-refractivity contribution in [3.8, 4) is 0 Å². The molecule has 0 saturated carbocycles. The Morgan fingerprint density at radius 1 is 1.32 bits per heavy atom. The molecule has 2 N–H and O–H groups in total. The number of rotatable bonds is 4. The minimum Gasteiger partial charge on any atom is -0.384 e. The zero-order valence-corrected chi connectivity index (χ0v) is 16.8. The fraction of sp³-hybridized carbons (Fsp3) is 0.381. The minimum absolute atomic E-state index is 0.541. The van der Waals surface area contributed by atoms with Gasteiger partial charge in [-0.1, -0.05) is 12.1 Å². The van der Waals surface area contributed by atoms with E-state index in [2.05, 4.69) is 75.5 Å². The van der Waals surface area contributed by atoms with Crippen LogP contribution in [0.2, 0.25) is 0 Å². The molecule has 1 fully saturated rings. The van der Waals surface area contributed by atoms with Gasteiger partial charge in [-0.15, -0.1) is 0 Å². The highest BCUT2D eigenvalue weighted by molar-refractivity contribution is 14.1. The lowest BCUT2D eigenvalue weighted by Gasteiger charge is -2.21. The van der Waals surface area contributed by atoms with Crippen molar-refractivity contribution < 1.29 is 0 Å². The van der Waals surface area contributed by atoms with Crippen molar-refractivity contribution in [2.24, 2.45) is 0 Å². The molecule has 0 spiro atoms. The lowest BCUT2D eigenvalue weighted by Crippen LogP contribution is -2.20. The van der Waals surface area contributed by atoms with Gasteiger partial charge in [-0.2, -0.15) is 0 Å². The largest absolute Gasteiger partial charge is 0.384 e. The monoisotopic (exact) mass is 445 g/mol. The SMILES string of the molecule is CC1=C(/C=C(/C2=CCCCC2)C2CN2)C=C(c2cccc(I)n2)CN1. The fourth-order valence-electron chi connectivity index (χ4n) is 3.54. The first-order valence-electron chi connectivity index (χ1n) is 9.13. The summed E-state index contributed by atoms with van der Waals surface area (Å²) in [5.41, 5.74) is 7.91. The Kier molecular flexibility index (Phi) is 5.08. The fourth-order valence-corrected chi connectivity index (χ4v) is 4.01. The van der Waals surface area contributed by atoms with Gasteiger partial charge in [-0.3, -0.25) is 0 Å². The first kappa shape index (κ1) is 17.0. The molecule has 4 heteroatoms. The Labute approximate surface area is 163 Å². The van der Waals surface area contributed by atoms with Gasteiger partial charge in [0.2, 0.25) is 0 Å². The maximum Gasteiger partial charge on any atom is 0.102 e. The van der Waals surface area contributed by atoms with E-state index in [1.54, 1.807) is 5.57 Å². The molecular weight excluding hydrogens is 421 g/mol. The van der Waals surface area contributed by atoms with E-state index in [4.69, 9.17) is 0 Å². The van der Waals surface area contributed by atoms with E-state index < -0.39 is 0 Å². The standard InChI is InChI=1S/C21H24IN3/c1-14-16(10-17(12-23-14)19-8-5-9-21(22)25-19)11-18(20-13-24-20)15-6-3-2-4-7-15/h5-6,8-11,20,23-24H,2-4,7,12-13H2,1H3/b18-11-. The number of aromatic nitrogens is 1. The molecular formula is C21H24IN3. The van der Waals surface area contributed by atoms with Gasteiger partial charge >= 0.3 is 0 Å². The predicted molar refractivity (Wildman–Crippen MR) is 112 cm³/mol. The lowest BCUT2D eigenvalue weighted by molar-refractivity contribution is 0.702. The summed E-state index contributed by atoms with van der Waals surface area (Å²) in [5, 5.41) is 7.05. The highest BCUT2D eigenvalue weighted by Gasteiger charge is 2.28. The quantitative estimate of drug-likeness (QED) is 0.412. The molecule has 1 saturated heterocycles. The van der Waals surface area contributed by atoms with Crippen LogP contribution in [0.5, 0.6) is 0 Å². The molecule has 130 valence electrons. The van der Waals surface area contributed by atoms with Gasteiger partial charge in [-0.25, -0.2) is 4.98 Å². The second kappa shape index (κ2) is 7.46. The number of dihydropyridines is 1. The lowest BCUT2D eigenvalue weighted by atomic mass is 9.89. The minimum atomic E-state index is 0.541. The molecule has 1 aliphatic carbocycles. The Hall–Kier alpha value is -1.40. The van der Waals surface area contributed by atoms with Crippen molar-refractivity contribution >= 4 is 28.2 Å².